The molecule has 222 valence electrons. The molecular weight excluding hydrogens is 550 g/mol. The van der Waals surface area contributed by atoms with Crippen LogP contribution in [0.3, 0.4) is 0 Å². The number of aromatic nitrogens is 3. The fourth-order valence-corrected chi connectivity index (χ4v) is 6.85. The molecule has 2 aromatic carbocycles. The maximum Gasteiger partial charge on any atom is 0.297 e. The zero-order valence-electron chi connectivity index (χ0n) is 25.6. The number of rotatable bonds is 7. The van der Waals surface area contributed by atoms with Gasteiger partial charge >= 0.3 is 0 Å². The molecule has 1 fully saturated rings. The van der Waals surface area contributed by atoms with Crippen molar-refractivity contribution in [1.82, 2.24) is 14.0 Å². The minimum absolute atomic E-state index is 0.149. The summed E-state index contributed by atoms with van der Waals surface area (Å²) in [6, 6.07) is 13.4. The van der Waals surface area contributed by atoms with E-state index in [1.54, 1.807) is 26.0 Å². The van der Waals surface area contributed by atoms with Crippen molar-refractivity contribution in [3.05, 3.63) is 68.7 Å². The van der Waals surface area contributed by atoms with Gasteiger partial charge in [0.1, 0.15) is 0 Å². The summed E-state index contributed by atoms with van der Waals surface area (Å²) < 4.78 is 22.2. The van der Waals surface area contributed by atoms with Crippen LogP contribution in [0.2, 0.25) is 0 Å². The second-order valence-corrected chi connectivity index (χ2v) is 12.5. The molecule has 1 aliphatic carbocycles. The van der Waals surface area contributed by atoms with Gasteiger partial charge in [-0.2, -0.15) is 5.10 Å². The highest BCUT2D eigenvalue weighted by molar-refractivity contribution is 7.07. The molecule has 9 nitrogen and oxygen atoms in total. The lowest BCUT2D eigenvalue weighted by atomic mass is 9.72. The van der Waals surface area contributed by atoms with E-state index in [2.05, 4.69) is 20.8 Å². The van der Waals surface area contributed by atoms with E-state index in [9.17, 15) is 4.79 Å². The molecule has 10 heteroatoms. The van der Waals surface area contributed by atoms with E-state index in [-0.39, 0.29) is 11.0 Å². The first-order valence-electron chi connectivity index (χ1n) is 14.0. The molecule has 1 atom stereocenters. The van der Waals surface area contributed by atoms with Crippen LogP contribution >= 0.6 is 11.3 Å². The number of hydrogen-bond acceptors (Lipinski definition) is 7. The third-order valence-electron chi connectivity index (χ3n) is 7.79. The molecule has 4 aromatic rings. The summed E-state index contributed by atoms with van der Waals surface area (Å²) in [5.41, 5.74) is 4.65. The first kappa shape index (κ1) is 29.4. The average Bonchev–Trinajstić information content (AvgIpc) is 3.44. The van der Waals surface area contributed by atoms with Crippen molar-refractivity contribution in [3.8, 4) is 34.2 Å². The number of benzene rings is 2. The minimum atomic E-state index is -0.185. The molecule has 1 aliphatic rings. The number of hydrogen-bond donors (Lipinski definition) is 0. The Labute approximate surface area is 250 Å². The van der Waals surface area contributed by atoms with Gasteiger partial charge in [-0.05, 0) is 61.8 Å². The first-order valence-corrected chi connectivity index (χ1v) is 14.9. The topological polar surface area (TPSA) is 84.3 Å². The number of methoxy groups -OCH3 is 3. The third-order valence-corrected chi connectivity index (χ3v) is 8.60. The Morgan fingerprint density at radius 2 is 1.69 bits per heavy atom. The molecule has 0 radical (unpaired) electrons. The van der Waals surface area contributed by atoms with Crippen LogP contribution in [0.1, 0.15) is 45.7 Å². The molecule has 2 aromatic heterocycles. The first-order chi connectivity index (χ1) is 20.1. The normalized spacial score (nSPS) is 18.0. The van der Waals surface area contributed by atoms with Gasteiger partial charge in [-0.1, -0.05) is 39.0 Å². The molecule has 0 saturated heterocycles. The van der Waals surface area contributed by atoms with Gasteiger partial charge in [0.05, 0.1) is 38.4 Å². The van der Waals surface area contributed by atoms with Gasteiger partial charge in [0.2, 0.25) is 10.6 Å². The molecule has 5 rings (SSSR count). The predicted molar refractivity (Wildman–Crippen MR) is 168 cm³/mol. The van der Waals surface area contributed by atoms with Crippen molar-refractivity contribution in [2.24, 2.45) is 28.5 Å². The van der Waals surface area contributed by atoms with Gasteiger partial charge in [0.15, 0.2) is 17.2 Å². The van der Waals surface area contributed by atoms with Crippen LogP contribution in [0.5, 0.6) is 17.2 Å². The average molecular weight is 590 g/mol. The molecule has 0 spiro atoms. The van der Waals surface area contributed by atoms with E-state index in [1.165, 1.54) is 11.3 Å². The molecule has 42 heavy (non-hydrogen) atoms. The monoisotopic (exact) mass is 589 g/mol. The largest absolute Gasteiger partial charge is 0.493 e. The Hall–Kier alpha value is -4.05. The summed E-state index contributed by atoms with van der Waals surface area (Å²) in [5, 5.41) is 7.23. The van der Waals surface area contributed by atoms with Crippen LogP contribution in [0.25, 0.3) is 16.9 Å². The van der Waals surface area contributed by atoms with E-state index in [0.717, 1.165) is 47.6 Å². The van der Waals surface area contributed by atoms with Gasteiger partial charge < -0.3 is 14.2 Å². The van der Waals surface area contributed by atoms with Gasteiger partial charge in [0, 0.05) is 23.7 Å². The van der Waals surface area contributed by atoms with Crippen LogP contribution in [0.15, 0.2) is 62.7 Å². The van der Waals surface area contributed by atoms with Crippen molar-refractivity contribution < 1.29 is 14.2 Å². The van der Waals surface area contributed by atoms with Gasteiger partial charge in [-0.3, -0.25) is 9.48 Å². The molecule has 0 bridgehead atoms. The van der Waals surface area contributed by atoms with Crippen molar-refractivity contribution in [3.63, 3.8) is 0 Å². The van der Waals surface area contributed by atoms with E-state index in [1.807, 2.05) is 71.2 Å². The summed E-state index contributed by atoms with van der Waals surface area (Å²) in [5.74, 6) is 2.14. The standard InChI is InChI=1S/C32H39N5O4S/c1-20-14-23(18-32(3,4)17-20)34-36-25(22-15-26(39-6)29(41-8)27(16-22)40-7)19-42-31(36)33-28-21(2)35(5)37(30(28)38)24-12-10-9-11-13-24/h9-13,15-16,19-20H,14,17-18H2,1-8H3. The number of nitrogens with zero attached hydrogens (tertiary/aromatic N) is 5. The van der Waals surface area contributed by atoms with Crippen molar-refractivity contribution in [1.29, 1.82) is 0 Å². The van der Waals surface area contributed by atoms with Crippen LogP contribution in [0.4, 0.5) is 5.69 Å². The highest BCUT2D eigenvalue weighted by atomic mass is 32.1. The summed E-state index contributed by atoms with van der Waals surface area (Å²) in [4.78, 5) is 19.3. The lowest BCUT2D eigenvalue weighted by Gasteiger charge is -2.34. The number of thiazole rings is 1. The Bertz CT molecular complexity index is 1730. The molecule has 0 N–H and O–H groups in total. The SMILES string of the molecule is COc1cc(-c2csc(=Nc3c(C)n(C)n(-c4ccccc4)c3=O)n2N=C2CC(C)CC(C)(C)C2)cc(OC)c1OC. The Balaban J connectivity index is 1.75. The van der Waals surface area contributed by atoms with E-state index >= 15 is 0 Å². The van der Waals surface area contributed by atoms with Crippen LogP contribution < -0.4 is 24.6 Å². The summed E-state index contributed by atoms with van der Waals surface area (Å²) in [7, 11) is 6.67. The summed E-state index contributed by atoms with van der Waals surface area (Å²) >= 11 is 1.44. The van der Waals surface area contributed by atoms with Crippen molar-refractivity contribution in [2.75, 3.05) is 21.3 Å². The predicted octanol–water partition coefficient (Wildman–Crippen LogP) is 6.32. The van der Waals surface area contributed by atoms with Crippen LogP contribution in [-0.2, 0) is 7.05 Å². The third kappa shape index (κ3) is 5.55. The minimum Gasteiger partial charge on any atom is -0.493 e. The maximum atomic E-state index is 13.7. The molecule has 2 heterocycles. The van der Waals surface area contributed by atoms with Crippen molar-refractivity contribution >= 4 is 22.7 Å². The van der Waals surface area contributed by atoms with E-state index in [0.29, 0.717) is 33.7 Å². The van der Waals surface area contributed by atoms with Gasteiger partial charge in [-0.25, -0.2) is 14.4 Å². The molecule has 0 aliphatic heterocycles. The number of ether oxygens (including phenoxy) is 3. The Kier molecular flexibility index (Phi) is 8.19. The van der Waals surface area contributed by atoms with Gasteiger partial charge in [0.25, 0.3) is 5.56 Å². The fourth-order valence-electron chi connectivity index (χ4n) is 6.01. The second-order valence-electron chi connectivity index (χ2n) is 11.7. The molecule has 0 amide bonds. The fraction of sp³-hybridized carbons (Fsp3) is 0.406. The van der Waals surface area contributed by atoms with Crippen molar-refractivity contribution in [2.45, 2.75) is 47.0 Å². The number of para-hydroxylation sites is 1. The quantitative estimate of drug-likeness (QED) is 0.252. The summed E-state index contributed by atoms with van der Waals surface area (Å²) in [6.07, 6.45) is 2.95. The van der Waals surface area contributed by atoms with Gasteiger partial charge in [-0.15, -0.1) is 11.3 Å². The highest BCUT2D eigenvalue weighted by Gasteiger charge is 2.30. The van der Waals surface area contributed by atoms with E-state index in [4.69, 9.17) is 24.3 Å². The molecular formula is C32H39N5O4S. The zero-order chi connectivity index (χ0) is 30.2. The molecule has 1 saturated carbocycles. The van der Waals surface area contributed by atoms with E-state index < -0.39 is 0 Å². The Morgan fingerprint density at radius 3 is 2.29 bits per heavy atom. The molecule has 1 unspecified atom stereocenters. The maximum absolute atomic E-state index is 13.7. The zero-order valence-corrected chi connectivity index (χ0v) is 26.4. The van der Waals surface area contributed by atoms with Crippen LogP contribution in [0, 0.1) is 18.3 Å². The Morgan fingerprint density at radius 1 is 1.02 bits per heavy atom. The lowest BCUT2D eigenvalue weighted by Crippen LogP contribution is -2.29. The lowest BCUT2D eigenvalue weighted by molar-refractivity contribution is 0.265. The highest BCUT2D eigenvalue weighted by Crippen LogP contribution is 2.42. The van der Waals surface area contributed by atoms with Crippen LogP contribution in [-0.4, -0.2) is 41.1 Å². The smallest absolute Gasteiger partial charge is 0.297 e. The second kappa shape index (κ2) is 11.7. The summed E-state index contributed by atoms with van der Waals surface area (Å²) in [6.45, 7) is 8.77.